The van der Waals surface area contributed by atoms with E-state index in [4.69, 9.17) is 4.74 Å². The summed E-state index contributed by atoms with van der Waals surface area (Å²) in [6, 6.07) is 7.84. The van der Waals surface area contributed by atoms with Crippen molar-refractivity contribution in [2.45, 2.75) is 39.0 Å². The molecule has 0 saturated carbocycles. The van der Waals surface area contributed by atoms with Crippen molar-refractivity contribution in [2.75, 3.05) is 26.8 Å². The fraction of sp³-hybridized carbons (Fsp3) is 0.611. The topological polar surface area (TPSA) is 49.8 Å². The van der Waals surface area contributed by atoms with Crippen molar-refractivity contribution in [2.24, 2.45) is 5.41 Å². The van der Waals surface area contributed by atoms with E-state index in [2.05, 4.69) is 6.92 Å². The van der Waals surface area contributed by atoms with Crippen LogP contribution in [0, 0.1) is 5.41 Å². The molecule has 1 aromatic carbocycles. The standard InChI is InChI=1S/C18H27NO3/c1-3-18(14-20)11-6-12-19(13-18)17(21)10-9-15-7-4-5-8-16(15)22-2/h4-5,7-8,20H,3,6,9-14H2,1-2H3/t18-/m0/s1. The van der Waals surface area contributed by atoms with E-state index in [1.54, 1.807) is 7.11 Å². The molecule has 122 valence electrons. The number of aryl methyl sites for hydroxylation is 1. The number of hydrogen-bond donors (Lipinski definition) is 1. The highest BCUT2D eigenvalue weighted by Gasteiger charge is 2.34. The minimum atomic E-state index is -0.0989. The lowest BCUT2D eigenvalue weighted by Gasteiger charge is -2.41. The van der Waals surface area contributed by atoms with Crippen LogP contribution in [0.25, 0.3) is 0 Å². The zero-order chi connectivity index (χ0) is 16.0. The van der Waals surface area contributed by atoms with E-state index in [1.807, 2.05) is 29.2 Å². The van der Waals surface area contributed by atoms with E-state index in [9.17, 15) is 9.90 Å². The maximum atomic E-state index is 12.5. The third-order valence-corrected chi connectivity index (χ3v) is 4.90. The number of piperidine rings is 1. The molecule has 1 saturated heterocycles. The summed E-state index contributed by atoms with van der Waals surface area (Å²) in [4.78, 5) is 14.4. The monoisotopic (exact) mass is 305 g/mol. The fourth-order valence-electron chi connectivity index (χ4n) is 3.26. The first kappa shape index (κ1) is 16.8. The number of para-hydroxylation sites is 1. The minimum absolute atomic E-state index is 0.0989. The van der Waals surface area contributed by atoms with Gasteiger partial charge in [-0.3, -0.25) is 4.79 Å². The molecule has 1 aromatic rings. The van der Waals surface area contributed by atoms with Gasteiger partial charge in [0.25, 0.3) is 0 Å². The Labute approximate surface area is 133 Å². The summed E-state index contributed by atoms with van der Waals surface area (Å²) < 4.78 is 5.33. The van der Waals surface area contributed by atoms with Gasteiger partial charge in [-0.05, 0) is 37.3 Å². The Morgan fingerprint density at radius 2 is 2.18 bits per heavy atom. The molecule has 0 aromatic heterocycles. The second-order valence-electron chi connectivity index (χ2n) is 6.24. The molecular weight excluding hydrogens is 278 g/mol. The van der Waals surface area contributed by atoms with Gasteiger partial charge in [-0.15, -0.1) is 0 Å². The van der Waals surface area contributed by atoms with Gasteiger partial charge in [-0.2, -0.15) is 0 Å². The quantitative estimate of drug-likeness (QED) is 0.879. The van der Waals surface area contributed by atoms with Gasteiger partial charge in [-0.25, -0.2) is 0 Å². The fourth-order valence-corrected chi connectivity index (χ4v) is 3.26. The lowest BCUT2D eigenvalue weighted by molar-refractivity contribution is -0.135. The molecular formula is C18H27NO3. The van der Waals surface area contributed by atoms with Crippen molar-refractivity contribution in [1.29, 1.82) is 0 Å². The molecule has 1 aliphatic heterocycles. The van der Waals surface area contributed by atoms with E-state index in [1.165, 1.54) is 0 Å². The molecule has 2 rings (SSSR count). The molecule has 1 N–H and O–H groups in total. The predicted molar refractivity (Wildman–Crippen MR) is 86.9 cm³/mol. The maximum Gasteiger partial charge on any atom is 0.222 e. The normalized spacial score (nSPS) is 21.7. The minimum Gasteiger partial charge on any atom is -0.496 e. The first-order valence-corrected chi connectivity index (χ1v) is 8.14. The number of carbonyl (C=O) groups excluding carboxylic acids is 1. The van der Waals surface area contributed by atoms with Crippen molar-refractivity contribution in [3.05, 3.63) is 29.8 Å². The van der Waals surface area contributed by atoms with Gasteiger partial charge in [0, 0.05) is 24.9 Å². The molecule has 1 heterocycles. The highest BCUT2D eigenvalue weighted by molar-refractivity contribution is 5.76. The maximum absolute atomic E-state index is 12.5. The van der Waals surface area contributed by atoms with Crippen LogP contribution < -0.4 is 4.74 Å². The third-order valence-electron chi connectivity index (χ3n) is 4.90. The van der Waals surface area contributed by atoms with Crippen LogP contribution in [-0.4, -0.2) is 42.7 Å². The van der Waals surface area contributed by atoms with E-state index >= 15 is 0 Å². The third kappa shape index (κ3) is 3.80. The van der Waals surface area contributed by atoms with Crippen LogP contribution in [0.15, 0.2) is 24.3 Å². The Bertz CT molecular complexity index is 497. The van der Waals surface area contributed by atoms with Gasteiger partial charge in [-0.1, -0.05) is 25.1 Å². The SMILES string of the molecule is CC[C@]1(CO)CCCN(C(=O)CCc2ccccc2OC)C1. The lowest BCUT2D eigenvalue weighted by Crippen LogP contribution is -2.47. The summed E-state index contributed by atoms with van der Waals surface area (Å²) in [5.41, 5.74) is 0.970. The number of benzene rings is 1. The number of ether oxygens (including phenoxy) is 1. The molecule has 0 spiro atoms. The van der Waals surface area contributed by atoms with Crippen molar-refractivity contribution in [3.63, 3.8) is 0 Å². The second-order valence-corrected chi connectivity index (χ2v) is 6.24. The number of amides is 1. The zero-order valence-corrected chi connectivity index (χ0v) is 13.7. The van der Waals surface area contributed by atoms with Crippen LogP contribution in [0.1, 0.15) is 38.2 Å². The summed E-state index contributed by atoms with van der Waals surface area (Å²) in [7, 11) is 1.65. The van der Waals surface area contributed by atoms with Crippen LogP contribution in [0.2, 0.25) is 0 Å². The average Bonchev–Trinajstić information content (AvgIpc) is 2.59. The molecule has 0 unspecified atom stereocenters. The first-order valence-electron chi connectivity index (χ1n) is 8.14. The van der Waals surface area contributed by atoms with E-state index in [-0.39, 0.29) is 17.9 Å². The lowest BCUT2D eigenvalue weighted by atomic mass is 9.78. The van der Waals surface area contributed by atoms with E-state index < -0.39 is 0 Å². The second kappa shape index (κ2) is 7.63. The van der Waals surface area contributed by atoms with Crippen molar-refractivity contribution in [1.82, 2.24) is 4.90 Å². The average molecular weight is 305 g/mol. The summed E-state index contributed by atoms with van der Waals surface area (Å²) in [6.07, 6.45) is 4.09. The van der Waals surface area contributed by atoms with E-state index in [0.29, 0.717) is 19.4 Å². The van der Waals surface area contributed by atoms with Crippen LogP contribution in [0.5, 0.6) is 5.75 Å². The van der Waals surface area contributed by atoms with Crippen LogP contribution >= 0.6 is 0 Å². The van der Waals surface area contributed by atoms with Crippen molar-refractivity contribution >= 4 is 5.91 Å². The molecule has 1 amide bonds. The van der Waals surface area contributed by atoms with Crippen molar-refractivity contribution in [3.8, 4) is 5.75 Å². The Balaban J connectivity index is 1.94. The highest BCUT2D eigenvalue weighted by Crippen LogP contribution is 2.33. The largest absolute Gasteiger partial charge is 0.496 e. The predicted octanol–water partition coefficient (Wildman–Crippen LogP) is 2.64. The smallest absolute Gasteiger partial charge is 0.222 e. The number of likely N-dealkylation sites (tertiary alicyclic amines) is 1. The molecule has 1 aliphatic rings. The molecule has 0 radical (unpaired) electrons. The number of nitrogens with zero attached hydrogens (tertiary/aromatic N) is 1. The molecule has 1 fully saturated rings. The summed E-state index contributed by atoms with van der Waals surface area (Å²) in [5.74, 6) is 1.02. The number of methoxy groups -OCH3 is 1. The Hall–Kier alpha value is -1.55. The summed E-state index contributed by atoms with van der Waals surface area (Å²) in [5, 5.41) is 9.66. The summed E-state index contributed by atoms with van der Waals surface area (Å²) in [6.45, 7) is 3.76. The van der Waals surface area contributed by atoms with Crippen LogP contribution in [0.3, 0.4) is 0 Å². The van der Waals surface area contributed by atoms with Gasteiger partial charge in [0.2, 0.25) is 5.91 Å². The van der Waals surface area contributed by atoms with Crippen molar-refractivity contribution < 1.29 is 14.6 Å². The number of aliphatic hydroxyl groups excluding tert-OH is 1. The molecule has 1 atom stereocenters. The Morgan fingerprint density at radius 1 is 1.41 bits per heavy atom. The molecule has 4 heteroatoms. The van der Waals surface area contributed by atoms with Gasteiger partial charge >= 0.3 is 0 Å². The van der Waals surface area contributed by atoms with Crippen LogP contribution in [-0.2, 0) is 11.2 Å². The number of hydrogen-bond acceptors (Lipinski definition) is 3. The number of rotatable bonds is 6. The first-order chi connectivity index (χ1) is 10.6. The highest BCUT2D eigenvalue weighted by atomic mass is 16.5. The van der Waals surface area contributed by atoms with Gasteiger partial charge < -0.3 is 14.7 Å². The van der Waals surface area contributed by atoms with Gasteiger partial charge in [0.05, 0.1) is 13.7 Å². The number of aliphatic hydroxyl groups is 1. The molecule has 0 bridgehead atoms. The van der Waals surface area contributed by atoms with E-state index in [0.717, 1.165) is 37.1 Å². The summed E-state index contributed by atoms with van der Waals surface area (Å²) >= 11 is 0. The molecule has 0 aliphatic carbocycles. The Kier molecular flexibility index (Phi) is 5.83. The molecule has 22 heavy (non-hydrogen) atoms. The van der Waals surface area contributed by atoms with Gasteiger partial charge in [0.15, 0.2) is 0 Å². The Morgan fingerprint density at radius 3 is 2.86 bits per heavy atom. The van der Waals surface area contributed by atoms with Gasteiger partial charge in [0.1, 0.15) is 5.75 Å². The number of carbonyl (C=O) groups is 1. The van der Waals surface area contributed by atoms with Crippen LogP contribution in [0.4, 0.5) is 0 Å². The zero-order valence-electron chi connectivity index (χ0n) is 13.7. The molecule has 4 nitrogen and oxygen atoms in total.